The molecule has 1 aliphatic rings. The number of hydrogen-bond acceptors (Lipinski definition) is 5. The highest BCUT2D eigenvalue weighted by molar-refractivity contribution is 5.85. The molecule has 2 aromatic rings. The van der Waals surface area contributed by atoms with Gasteiger partial charge in [0.1, 0.15) is 5.82 Å². The minimum atomic E-state index is 0.593. The van der Waals surface area contributed by atoms with E-state index in [-0.39, 0.29) is 0 Å². The van der Waals surface area contributed by atoms with E-state index < -0.39 is 0 Å². The lowest BCUT2D eigenvalue weighted by Crippen LogP contribution is -2.21. The first kappa shape index (κ1) is 16.8. The van der Waals surface area contributed by atoms with E-state index in [0.29, 0.717) is 12.4 Å². The lowest BCUT2D eigenvalue weighted by molar-refractivity contribution is 0.254. The summed E-state index contributed by atoms with van der Waals surface area (Å²) in [5, 5.41) is 1.03. The largest absolute Gasteiger partial charge is 0.493 e. The van der Waals surface area contributed by atoms with Crippen LogP contribution in [0.4, 0.5) is 5.82 Å². The number of likely N-dealkylation sites (tertiary alicyclic amines) is 1. The number of aryl methyl sites for hydroxylation is 1. The second-order valence-electron chi connectivity index (χ2n) is 6.33. The number of nitrogens with two attached hydrogens (primary N) is 1. The number of anilines is 1. The fourth-order valence-corrected chi connectivity index (χ4v) is 3.27. The minimum absolute atomic E-state index is 0.593. The summed E-state index contributed by atoms with van der Waals surface area (Å²) in [6.07, 6.45) is 4.54. The first-order valence-corrected chi connectivity index (χ1v) is 8.83. The summed E-state index contributed by atoms with van der Waals surface area (Å²) in [7, 11) is 1.67. The maximum atomic E-state index is 6.02. The smallest absolute Gasteiger partial charge is 0.163 e. The van der Waals surface area contributed by atoms with Crippen molar-refractivity contribution < 1.29 is 9.47 Å². The summed E-state index contributed by atoms with van der Waals surface area (Å²) in [5.74, 6) is 2.08. The van der Waals surface area contributed by atoms with Crippen LogP contribution < -0.4 is 15.2 Å². The van der Waals surface area contributed by atoms with Crippen molar-refractivity contribution in [3.63, 3.8) is 0 Å². The summed E-state index contributed by atoms with van der Waals surface area (Å²) in [4.78, 5) is 7.00. The van der Waals surface area contributed by atoms with Crippen molar-refractivity contribution >= 4 is 16.7 Å². The van der Waals surface area contributed by atoms with E-state index in [1.165, 1.54) is 25.9 Å². The Morgan fingerprint density at radius 3 is 2.67 bits per heavy atom. The van der Waals surface area contributed by atoms with Crippen LogP contribution in [0.2, 0.25) is 0 Å². The van der Waals surface area contributed by atoms with Gasteiger partial charge in [-0.25, -0.2) is 4.98 Å². The van der Waals surface area contributed by atoms with Crippen LogP contribution in [0, 0.1) is 0 Å². The van der Waals surface area contributed by atoms with Gasteiger partial charge in [0.25, 0.3) is 0 Å². The van der Waals surface area contributed by atoms with Crippen LogP contribution in [0.25, 0.3) is 10.9 Å². The molecule has 1 fully saturated rings. The van der Waals surface area contributed by atoms with Gasteiger partial charge in [-0.15, -0.1) is 0 Å². The topological polar surface area (TPSA) is 60.6 Å². The first-order valence-electron chi connectivity index (χ1n) is 8.83. The van der Waals surface area contributed by atoms with Gasteiger partial charge >= 0.3 is 0 Å². The number of nitrogen functional groups attached to an aromatic ring is 1. The second-order valence-corrected chi connectivity index (χ2v) is 6.33. The number of methoxy groups -OCH3 is 1. The van der Waals surface area contributed by atoms with E-state index in [0.717, 1.165) is 47.4 Å². The van der Waals surface area contributed by atoms with Crippen molar-refractivity contribution in [1.82, 2.24) is 9.88 Å². The Morgan fingerprint density at radius 1 is 1.17 bits per heavy atom. The molecule has 1 aliphatic heterocycles. The van der Waals surface area contributed by atoms with Crippen LogP contribution in [0.3, 0.4) is 0 Å². The molecule has 24 heavy (non-hydrogen) atoms. The van der Waals surface area contributed by atoms with E-state index in [1.54, 1.807) is 7.11 Å². The summed E-state index contributed by atoms with van der Waals surface area (Å²) in [6, 6.07) is 5.99. The van der Waals surface area contributed by atoms with Crippen LogP contribution in [0.1, 0.15) is 31.7 Å². The molecule has 130 valence electrons. The Balaban J connectivity index is 1.71. The van der Waals surface area contributed by atoms with Gasteiger partial charge in [0, 0.05) is 18.0 Å². The summed E-state index contributed by atoms with van der Waals surface area (Å²) in [5.41, 5.74) is 7.93. The van der Waals surface area contributed by atoms with Crippen molar-refractivity contribution in [3.05, 3.63) is 23.8 Å². The SMILES string of the molecule is CCc1cc2cc(OC)c(OCCCN3CCCC3)cc2nc1N. The van der Waals surface area contributed by atoms with Gasteiger partial charge in [0.15, 0.2) is 11.5 Å². The fourth-order valence-electron chi connectivity index (χ4n) is 3.27. The molecule has 0 aliphatic carbocycles. The van der Waals surface area contributed by atoms with Gasteiger partial charge in [-0.3, -0.25) is 0 Å². The molecule has 1 aromatic heterocycles. The molecule has 0 spiro atoms. The molecule has 5 heteroatoms. The molecular formula is C19H27N3O2. The number of aromatic nitrogens is 1. The van der Waals surface area contributed by atoms with Gasteiger partial charge in [-0.2, -0.15) is 0 Å². The van der Waals surface area contributed by atoms with Crippen LogP contribution in [0.5, 0.6) is 11.5 Å². The zero-order valence-corrected chi connectivity index (χ0v) is 14.7. The average molecular weight is 329 g/mol. The Hall–Kier alpha value is -2.01. The van der Waals surface area contributed by atoms with Gasteiger partial charge < -0.3 is 20.1 Å². The molecule has 0 atom stereocenters. The Labute approximate surface area is 143 Å². The highest BCUT2D eigenvalue weighted by Gasteiger charge is 2.12. The maximum absolute atomic E-state index is 6.02. The van der Waals surface area contributed by atoms with E-state index in [9.17, 15) is 0 Å². The average Bonchev–Trinajstić information content (AvgIpc) is 3.11. The normalized spacial score (nSPS) is 15.1. The van der Waals surface area contributed by atoms with E-state index in [1.807, 2.05) is 12.1 Å². The van der Waals surface area contributed by atoms with Crippen LogP contribution >= 0.6 is 0 Å². The number of fused-ring (bicyclic) bond motifs is 1. The van der Waals surface area contributed by atoms with Gasteiger partial charge in [0.2, 0.25) is 0 Å². The van der Waals surface area contributed by atoms with Crippen LogP contribution in [-0.2, 0) is 6.42 Å². The molecule has 5 nitrogen and oxygen atoms in total. The van der Waals surface area contributed by atoms with Crippen molar-refractivity contribution in [2.45, 2.75) is 32.6 Å². The summed E-state index contributed by atoms with van der Waals surface area (Å²) < 4.78 is 11.5. The van der Waals surface area contributed by atoms with Crippen molar-refractivity contribution in [2.75, 3.05) is 39.1 Å². The van der Waals surface area contributed by atoms with Crippen LogP contribution in [0.15, 0.2) is 18.2 Å². The molecule has 0 radical (unpaired) electrons. The third-order valence-electron chi connectivity index (χ3n) is 4.67. The van der Waals surface area contributed by atoms with Gasteiger partial charge in [0.05, 0.1) is 19.2 Å². The molecule has 0 amide bonds. The predicted octanol–water partition coefficient (Wildman–Crippen LogP) is 3.25. The first-order chi connectivity index (χ1) is 11.7. The van der Waals surface area contributed by atoms with Crippen molar-refractivity contribution in [3.8, 4) is 11.5 Å². The van der Waals surface area contributed by atoms with E-state index in [4.69, 9.17) is 15.2 Å². The molecule has 1 aromatic carbocycles. The number of hydrogen-bond donors (Lipinski definition) is 1. The third-order valence-corrected chi connectivity index (χ3v) is 4.67. The zero-order chi connectivity index (χ0) is 16.9. The minimum Gasteiger partial charge on any atom is -0.493 e. The molecule has 2 heterocycles. The maximum Gasteiger partial charge on any atom is 0.163 e. The number of nitrogens with zero attached hydrogens (tertiary/aromatic N) is 2. The Morgan fingerprint density at radius 2 is 1.96 bits per heavy atom. The highest BCUT2D eigenvalue weighted by atomic mass is 16.5. The summed E-state index contributed by atoms with van der Waals surface area (Å²) >= 11 is 0. The molecule has 0 unspecified atom stereocenters. The molecule has 1 saturated heterocycles. The quantitative estimate of drug-likeness (QED) is 0.790. The third kappa shape index (κ3) is 3.73. The molecule has 0 saturated carbocycles. The second kappa shape index (κ2) is 7.71. The zero-order valence-electron chi connectivity index (χ0n) is 14.7. The number of pyridine rings is 1. The van der Waals surface area contributed by atoms with Gasteiger partial charge in [-0.1, -0.05) is 6.92 Å². The Bertz CT molecular complexity index is 697. The van der Waals surface area contributed by atoms with Gasteiger partial charge in [-0.05, 0) is 56.5 Å². The monoisotopic (exact) mass is 329 g/mol. The highest BCUT2D eigenvalue weighted by Crippen LogP contribution is 2.33. The lowest BCUT2D eigenvalue weighted by atomic mass is 10.1. The number of benzene rings is 1. The Kier molecular flexibility index (Phi) is 5.41. The predicted molar refractivity (Wildman–Crippen MR) is 97.9 cm³/mol. The van der Waals surface area contributed by atoms with Crippen molar-refractivity contribution in [1.29, 1.82) is 0 Å². The van der Waals surface area contributed by atoms with E-state index >= 15 is 0 Å². The number of rotatable bonds is 7. The lowest BCUT2D eigenvalue weighted by Gasteiger charge is -2.16. The standard InChI is InChI=1S/C19H27N3O2/c1-3-14-11-15-12-17(23-2)18(13-16(15)21-19(14)20)24-10-6-9-22-7-4-5-8-22/h11-13H,3-10H2,1-2H3,(H2,20,21). The van der Waals surface area contributed by atoms with E-state index in [2.05, 4.69) is 22.9 Å². The number of ether oxygens (including phenoxy) is 2. The molecule has 2 N–H and O–H groups in total. The van der Waals surface area contributed by atoms with Crippen molar-refractivity contribution in [2.24, 2.45) is 0 Å². The molecule has 0 bridgehead atoms. The molecule has 3 rings (SSSR count). The molecular weight excluding hydrogens is 302 g/mol. The fraction of sp³-hybridized carbons (Fsp3) is 0.526. The van der Waals surface area contributed by atoms with Crippen LogP contribution in [-0.4, -0.2) is 43.2 Å². The summed E-state index contributed by atoms with van der Waals surface area (Å²) in [6.45, 7) is 6.31.